The number of aromatic nitrogens is 2. The maximum atomic E-state index is 11.4. The summed E-state index contributed by atoms with van der Waals surface area (Å²) in [6.07, 6.45) is 1.68. The van der Waals surface area contributed by atoms with E-state index in [0.29, 0.717) is 33.6 Å². The number of phenols is 2. The van der Waals surface area contributed by atoms with Crippen molar-refractivity contribution in [3.05, 3.63) is 142 Å². The lowest BCUT2D eigenvalue weighted by Crippen LogP contribution is -2.23. The first-order chi connectivity index (χ1) is 20.0. The highest BCUT2D eigenvalue weighted by atomic mass is 35.5. The van der Waals surface area contributed by atoms with Crippen molar-refractivity contribution in [3.8, 4) is 11.5 Å². The van der Waals surface area contributed by atoms with Gasteiger partial charge in [0.25, 0.3) is 0 Å². The monoisotopic (exact) mass is 560 g/mol. The summed E-state index contributed by atoms with van der Waals surface area (Å²) in [6, 6.07) is 32.5. The Morgan fingerprint density at radius 3 is 2.12 bits per heavy atom. The second-order valence-corrected chi connectivity index (χ2v) is 10.3. The lowest BCUT2D eigenvalue weighted by molar-refractivity contribution is 0.461. The van der Waals surface area contributed by atoms with Gasteiger partial charge in [0, 0.05) is 34.6 Å². The van der Waals surface area contributed by atoms with E-state index in [9.17, 15) is 10.2 Å². The van der Waals surface area contributed by atoms with E-state index in [2.05, 4.69) is 15.6 Å². The van der Waals surface area contributed by atoms with Crippen molar-refractivity contribution in [1.29, 1.82) is 0 Å². The number of hydrogen-bond donors (Lipinski definition) is 4. The summed E-state index contributed by atoms with van der Waals surface area (Å²) in [5.74, 6) is 0.233. The minimum Gasteiger partial charge on any atom is -0.505 e. The van der Waals surface area contributed by atoms with Crippen LogP contribution in [0.4, 0.5) is 0 Å². The zero-order valence-electron chi connectivity index (χ0n) is 22.4. The summed E-state index contributed by atoms with van der Waals surface area (Å²) in [7, 11) is 1.85. The molecule has 41 heavy (non-hydrogen) atoms. The van der Waals surface area contributed by atoms with Crippen LogP contribution in [0.3, 0.4) is 0 Å². The largest absolute Gasteiger partial charge is 0.505 e. The molecule has 0 bridgehead atoms. The molecule has 0 aliphatic rings. The van der Waals surface area contributed by atoms with Crippen molar-refractivity contribution in [2.75, 3.05) is 7.05 Å². The average Bonchev–Trinajstić information content (AvgIpc) is 3.02. The number of phenolic OH excluding ortho intramolecular Hbond substituents is 2. The molecular formula is C34H29ClN4O2. The van der Waals surface area contributed by atoms with E-state index in [-0.39, 0.29) is 23.6 Å². The molecule has 0 amide bonds. The SMILES string of the molecule is CNC(c1ccccc1)c1cc(Cl)c2ccc(CNC(c3ccccc3)c3ccc4cccnc4c3O)nc2c1O. The van der Waals surface area contributed by atoms with Crippen LogP contribution in [0, 0.1) is 0 Å². The fourth-order valence-corrected chi connectivity index (χ4v) is 5.67. The number of rotatable bonds is 8. The van der Waals surface area contributed by atoms with Crippen molar-refractivity contribution in [1.82, 2.24) is 20.6 Å². The van der Waals surface area contributed by atoms with Crippen LogP contribution in [0.5, 0.6) is 11.5 Å². The molecular weight excluding hydrogens is 532 g/mol. The molecule has 0 spiro atoms. The Kier molecular flexibility index (Phi) is 7.53. The second-order valence-electron chi connectivity index (χ2n) is 9.93. The highest BCUT2D eigenvalue weighted by Crippen LogP contribution is 2.39. The van der Waals surface area contributed by atoms with Crippen molar-refractivity contribution in [2.24, 2.45) is 0 Å². The molecule has 6 aromatic rings. The molecule has 2 heterocycles. The Labute approximate surface area is 243 Å². The number of hydrogen-bond acceptors (Lipinski definition) is 6. The van der Waals surface area contributed by atoms with E-state index in [0.717, 1.165) is 27.8 Å². The molecule has 0 saturated heterocycles. The van der Waals surface area contributed by atoms with Crippen molar-refractivity contribution >= 4 is 33.4 Å². The second kappa shape index (κ2) is 11.6. The number of pyridine rings is 2. The highest BCUT2D eigenvalue weighted by Gasteiger charge is 2.22. The lowest BCUT2D eigenvalue weighted by atomic mass is 9.96. The summed E-state index contributed by atoms with van der Waals surface area (Å²) < 4.78 is 0. The average molecular weight is 561 g/mol. The number of halogens is 1. The fraction of sp³-hybridized carbons (Fsp3) is 0.118. The van der Waals surface area contributed by atoms with E-state index in [1.165, 1.54) is 0 Å². The Hall–Kier alpha value is -4.49. The van der Waals surface area contributed by atoms with Crippen LogP contribution < -0.4 is 10.6 Å². The van der Waals surface area contributed by atoms with Gasteiger partial charge in [0.15, 0.2) is 0 Å². The number of aromatic hydroxyl groups is 2. The maximum absolute atomic E-state index is 11.4. The summed E-state index contributed by atoms with van der Waals surface area (Å²) >= 11 is 6.70. The third-order valence-electron chi connectivity index (χ3n) is 7.43. The Morgan fingerprint density at radius 2 is 1.41 bits per heavy atom. The van der Waals surface area contributed by atoms with Crippen LogP contribution in [-0.2, 0) is 6.54 Å². The smallest absolute Gasteiger partial charge is 0.147 e. The third kappa shape index (κ3) is 5.21. The molecule has 2 atom stereocenters. The first-order valence-corrected chi connectivity index (χ1v) is 13.8. The Balaban J connectivity index is 1.37. The molecule has 7 heteroatoms. The van der Waals surface area contributed by atoms with Crippen LogP contribution in [-0.4, -0.2) is 27.2 Å². The van der Waals surface area contributed by atoms with Gasteiger partial charge in [0.05, 0.1) is 22.8 Å². The number of nitrogens with zero attached hydrogens (tertiary/aromatic N) is 2. The van der Waals surface area contributed by atoms with Gasteiger partial charge < -0.3 is 20.8 Å². The van der Waals surface area contributed by atoms with Crippen LogP contribution in [0.1, 0.15) is 40.0 Å². The van der Waals surface area contributed by atoms with E-state index in [1.807, 2.05) is 104 Å². The first kappa shape index (κ1) is 26.7. The van der Waals surface area contributed by atoms with Gasteiger partial charge in [-0.3, -0.25) is 4.98 Å². The zero-order chi connectivity index (χ0) is 28.3. The first-order valence-electron chi connectivity index (χ1n) is 13.4. The van der Waals surface area contributed by atoms with Gasteiger partial charge in [-0.2, -0.15) is 0 Å². The van der Waals surface area contributed by atoms with Gasteiger partial charge >= 0.3 is 0 Å². The third-order valence-corrected chi connectivity index (χ3v) is 7.75. The van der Waals surface area contributed by atoms with Crippen LogP contribution in [0.15, 0.2) is 109 Å². The van der Waals surface area contributed by atoms with Gasteiger partial charge in [-0.15, -0.1) is 0 Å². The van der Waals surface area contributed by atoms with E-state index in [4.69, 9.17) is 16.6 Å². The fourth-order valence-electron chi connectivity index (χ4n) is 5.40. The molecule has 0 saturated carbocycles. The maximum Gasteiger partial charge on any atom is 0.147 e. The van der Waals surface area contributed by atoms with E-state index in [1.54, 1.807) is 12.3 Å². The number of nitrogens with one attached hydrogen (secondary N) is 2. The predicted molar refractivity (Wildman–Crippen MR) is 164 cm³/mol. The molecule has 6 nitrogen and oxygen atoms in total. The summed E-state index contributed by atoms with van der Waals surface area (Å²) in [4.78, 5) is 9.24. The molecule has 0 aliphatic heterocycles. The molecule has 204 valence electrons. The molecule has 0 fully saturated rings. The molecule has 0 aliphatic carbocycles. The minimum absolute atomic E-state index is 0.0901. The van der Waals surface area contributed by atoms with E-state index >= 15 is 0 Å². The normalized spacial score (nSPS) is 12.9. The predicted octanol–water partition coefficient (Wildman–Crippen LogP) is 7.04. The summed E-state index contributed by atoms with van der Waals surface area (Å²) in [5, 5.41) is 31.6. The topological polar surface area (TPSA) is 90.3 Å². The number of benzene rings is 4. The van der Waals surface area contributed by atoms with Gasteiger partial charge in [-0.25, -0.2) is 4.98 Å². The lowest BCUT2D eigenvalue weighted by Gasteiger charge is -2.22. The van der Waals surface area contributed by atoms with Gasteiger partial charge in [-0.05, 0) is 42.4 Å². The molecule has 0 radical (unpaired) electrons. The number of fused-ring (bicyclic) bond motifs is 2. The van der Waals surface area contributed by atoms with Crippen molar-refractivity contribution in [2.45, 2.75) is 18.6 Å². The standard InChI is InChI=1S/C34H29ClN4O2/c1-36-29(21-9-4-2-5-10-21)27-19-28(35)25-17-15-24(39-32(25)34(27)41)20-38-30(22-11-6-3-7-12-22)26-16-14-23-13-8-18-37-31(23)33(26)40/h2-19,29-30,36,38,40-41H,20H2,1H3. The minimum atomic E-state index is -0.324. The van der Waals surface area contributed by atoms with Gasteiger partial charge in [-0.1, -0.05) is 90.5 Å². The van der Waals surface area contributed by atoms with E-state index < -0.39 is 0 Å². The molecule has 4 N–H and O–H groups in total. The van der Waals surface area contributed by atoms with Crippen molar-refractivity contribution < 1.29 is 10.2 Å². The van der Waals surface area contributed by atoms with Crippen molar-refractivity contribution in [3.63, 3.8) is 0 Å². The van der Waals surface area contributed by atoms with Crippen LogP contribution >= 0.6 is 11.6 Å². The summed E-state index contributed by atoms with van der Waals surface area (Å²) in [5.41, 5.74) is 5.10. The molecule has 2 unspecified atom stereocenters. The van der Waals surface area contributed by atoms with Crippen LogP contribution in [0.25, 0.3) is 21.8 Å². The molecule has 2 aromatic heterocycles. The zero-order valence-corrected chi connectivity index (χ0v) is 23.2. The van der Waals surface area contributed by atoms with Gasteiger partial charge in [0.2, 0.25) is 0 Å². The van der Waals surface area contributed by atoms with Gasteiger partial charge in [0.1, 0.15) is 22.5 Å². The molecule has 6 rings (SSSR count). The van der Waals surface area contributed by atoms with Crippen LogP contribution in [0.2, 0.25) is 5.02 Å². The quantitative estimate of drug-likeness (QED) is 0.160. The Morgan fingerprint density at radius 1 is 0.732 bits per heavy atom. The Bertz CT molecular complexity index is 1830. The summed E-state index contributed by atoms with van der Waals surface area (Å²) in [6.45, 7) is 0.380. The molecule has 4 aromatic carbocycles. The highest BCUT2D eigenvalue weighted by molar-refractivity contribution is 6.35.